The Kier molecular flexibility index (Phi) is 4.69. The Morgan fingerprint density at radius 1 is 1.39 bits per heavy atom. The van der Waals surface area contributed by atoms with E-state index in [2.05, 4.69) is 6.92 Å². The normalized spacial score (nSPS) is 14.8. The van der Waals surface area contributed by atoms with E-state index in [0.717, 1.165) is 28.9 Å². The number of benzene rings is 1. The summed E-state index contributed by atoms with van der Waals surface area (Å²) in [6.45, 7) is 2.33. The number of aliphatic hydroxyl groups is 1. The molecule has 0 aliphatic rings. The zero-order chi connectivity index (χ0) is 13.0. The van der Waals surface area contributed by atoms with Crippen LogP contribution in [0.3, 0.4) is 0 Å². The van der Waals surface area contributed by atoms with Crippen molar-refractivity contribution in [2.75, 3.05) is 12.4 Å². The van der Waals surface area contributed by atoms with Crippen molar-refractivity contribution in [3.05, 3.63) is 36.1 Å². The first kappa shape index (κ1) is 13.5. The van der Waals surface area contributed by atoms with Gasteiger partial charge in [-0.15, -0.1) is 0 Å². The van der Waals surface area contributed by atoms with Crippen LogP contribution in [-0.4, -0.2) is 22.7 Å². The molecule has 0 radical (unpaired) electrons. The van der Waals surface area contributed by atoms with Gasteiger partial charge in [0.25, 0.3) is 0 Å². The molecule has 2 rings (SSSR count). The summed E-state index contributed by atoms with van der Waals surface area (Å²) in [4.78, 5) is 0. The standard InChI is InChI=1S/C14H19NO2S/c1-10(6-7-16)18-9-12(15)14-8-11-4-2-3-5-13(11)17-14/h2-5,8,10,12,16H,6-7,9,15H2,1H3. The van der Waals surface area contributed by atoms with Gasteiger partial charge in [-0.3, -0.25) is 0 Å². The van der Waals surface area contributed by atoms with Crippen LogP contribution >= 0.6 is 11.8 Å². The summed E-state index contributed by atoms with van der Waals surface area (Å²) in [5, 5.41) is 10.4. The fraction of sp³-hybridized carbons (Fsp3) is 0.429. The molecule has 0 saturated carbocycles. The van der Waals surface area contributed by atoms with Crippen molar-refractivity contribution in [1.29, 1.82) is 0 Å². The van der Waals surface area contributed by atoms with Crippen LogP contribution in [0.1, 0.15) is 25.1 Å². The van der Waals surface area contributed by atoms with Gasteiger partial charge in [-0.2, -0.15) is 11.8 Å². The van der Waals surface area contributed by atoms with E-state index in [9.17, 15) is 0 Å². The van der Waals surface area contributed by atoms with Crippen LogP contribution in [0.15, 0.2) is 34.7 Å². The van der Waals surface area contributed by atoms with E-state index in [1.165, 1.54) is 0 Å². The lowest BCUT2D eigenvalue weighted by Crippen LogP contribution is -2.14. The Balaban J connectivity index is 1.98. The minimum atomic E-state index is -0.0939. The zero-order valence-electron chi connectivity index (χ0n) is 10.5. The third kappa shape index (κ3) is 3.28. The highest BCUT2D eigenvalue weighted by molar-refractivity contribution is 7.99. The monoisotopic (exact) mass is 265 g/mol. The first-order valence-electron chi connectivity index (χ1n) is 6.17. The van der Waals surface area contributed by atoms with Crippen molar-refractivity contribution >= 4 is 22.7 Å². The molecular formula is C14H19NO2S. The lowest BCUT2D eigenvalue weighted by molar-refractivity contribution is 0.289. The van der Waals surface area contributed by atoms with Gasteiger partial charge in [0.15, 0.2) is 0 Å². The van der Waals surface area contributed by atoms with Crippen molar-refractivity contribution < 1.29 is 9.52 Å². The third-order valence-corrected chi connectivity index (χ3v) is 4.26. The Labute approximate surface area is 111 Å². The van der Waals surface area contributed by atoms with Crippen molar-refractivity contribution in [2.45, 2.75) is 24.6 Å². The smallest absolute Gasteiger partial charge is 0.134 e. The third-order valence-electron chi connectivity index (χ3n) is 2.91. The molecule has 0 fully saturated rings. The highest BCUT2D eigenvalue weighted by Gasteiger charge is 2.13. The van der Waals surface area contributed by atoms with Crippen LogP contribution in [0, 0.1) is 0 Å². The maximum Gasteiger partial charge on any atom is 0.134 e. The first-order valence-corrected chi connectivity index (χ1v) is 7.22. The molecule has 1 aromatic carbocycles. The largest absolute Gasteiger partial charge is 0.459 e. The summed E-state index contributed by atoms with van der Waals surface area (Å²) in [6, 6.07) is 9.84. The van der Waals surface area contributed by atoms with Gasteiger partial charge in [-0.1, -0.05) is 25.1 Å². The molecule has 1 heterocycles. The predicted octanol–water partition coefficient (Wildman–Crippen LogP) is 2.94. The fourth-order valence-corrected chi connectivity index (χ4v) is 2.77. The summed E-state index contributed by atoms with van der Waals surface area (Å²) < 4.78 is 5.73. The summed E-state index contributed by atoms with van der Waals surface area (Å²) in [6.07, 6.45) is 0.803. The van der Waals surface area contributed by atoms with Gasteiger partial charge in [0.05, 0.1) is 6.04 Å². The number of rotatable bonds is 6. The first-order chi connectivity index (χ1) is 8.70. The minimum absolute atomic E-state index is 0.0939. The number of thioether (sulfide) groups is 1. The molecule has 1 aromatic heterocycles. The summed E-state index contributed by atoms with van der Waals surface area (Å²) in [5.41, 5.74) is 7.01. The minimum Gasteiger partial charge on any atom is -0.459 e. The van der Waals surface area contributed by atoms with Crippen LogP contribution in [-0.2, 0) is 0 Å². The van der Waals surface area contributed by atoms with Crippen LogP contribution in [0.2, 0.25) is 0 Å². The summed E-state index contributed by atoms with van der Waals surface area (Å²) in [5.74, 6) is 1.64. The molecule has 2 unspecified atom stereocenters. The number of nitrogens with two attached hydrogens (primary N) is 1. The molecule has 2 aromatic rings. The molecular weight excluding hydrogens is 246 g/mol. The molecule has 3 N–H and O–H groups in total. The van der Waals surface area contributed by atoms with Crippen LogP contribution in [0.4, 0.5) is 0 Å². The Morgan fingerprint density at radius 3 is 2.89 bits per heavy atom. The number of furan rings is 1. The zero-order valence-corrected chi connectivity index (χ0v) is 11.3. The topological polar surface area (TPSA) is 59.4 Å². The predicted molar refractivity (Wildman–Crippen MR) is 76.8 cm³/mol. The number of fused-ring (bicyclic) bond motifs is 1. The van der Waals surface area contributed by atoms with E-state index in [4.69, 9.17) is 15.3 Å². The molecule has 2 atom stereocenters. The Morgan fingerprint density at radius 2 is 2.17 bits per heavy atom. The van der Waals surface area contributed by atoms with E-state index in [1.807, 2.05) is 30.3 Å². The van der Waals surface area contributed by atoms with E-state index in [0.29, 0.717) is 5.25 Å². The molecule has 0 aliphatic heterocycles. The number of aliphatic hydroxyl groups excluding tert-OH is 1. The second-order valence-corrected chi connectivity index (χ2v) is 5.92. The molecule has 3 nitrogen and oxygen atoms in total. The molecule has 0 spiro atoms. The maximum atomic E-state index is 8.85. The molecule has 18 heavy (non-hydrogen) atoms. The van der Waals surface area contributed by atoms with Crippen molar-refractivity contribution in [2.24, 2.45) is 5.73 Å². The van der Waals surface area contributed by atoms with E-state index >= 15 is 0 Å². The SMILES string of the molecule is CC(CCO)SCC(N)c1cc2ccccc2o1. The molecule has 4 heteroatoms. The lowest BCUT2D eigenvalue weighted by atomic mass is 10.2. The summed E-state index contributed by atoms with van der Waals surface area (Å²) in [7, 11) is 0. The molecule has 0 aliphatic carbocycles. The van der Waals surface area contributed by atoms with Crippen molar-refractivity contribution in [3.8, 4) is 0 Å². The van der Waals surface area contributed by atoms with Crippen molar-refractivity contribution in [3.63, 3.8) is 0 Å². The van der Waals surface area contributed by atoms with Gasteiger partial charge in [0.2, 0.25) is 0 Å². The summed E-state index contributed by atoms with van der Waals surface area (Å²) >= 11 is 1.77. The van der Waals surface area contributed by atoms with Gasteiger partial charge < -0.3 is 15.3 Å². The quantitative estimate of drug-likeness (QED) is 0.843. The van der Waals surface area contributed by atoms with Gasteiger partial charge in [0, 0.05) is 23.0 Å². The highest BCUT2D eigenvalue weighted by atomic mass is 32.2. The fourth-order valence-electron chi connectivity index (χ4n) is 1.80. The van der Waals surface area contributed by atoms with E-state index in [-0.39, 0.29) is 12.6 Å². The van der Waals surface area contributed by atoms with E-state index < -0.39 is 0 Å². The highest BCUT2D eigenvalue weighted by Crippen LogP contribution is 2.26. The van der Waals surface area contributed by atoms with E-state index in [1.54, 1.807) is 11.8 Å². The molecule has 0 bridgehead atoms. The molecule has 0 saturated heterocycles. The van der Waals surface area contributed by atoms with Gasteiger partial charge in [0.1, 0.15) is 11.3 Å². The van der Waals surface area contributed by atoms with Gasteiger partial charge in [-0.25, -0.2) is 0 Å². The second-order valence-electron chi connectivity index (χ2n) is 4.45. The Hall–Kier alpha value is -0.970. The molecule has 98 valence electrons. The number of hydrogen-bond acceptors (Lipinski definition) is 4. The number of hydrogen-bond donors (Lipinski definition) is 2. The Bertz CT molecular complexity index is 464. The average molecular weight is 265 g/mol. The lowest BCUT2D eigenvalue weighted by Gasteiger charge is -2.12. The van der Waals surface area contributed by atoms with Gasteiger partial charge in [-0.05, 0) is 18.6 Å². The van der Waals surface area contributed by atoms with Crippen LogP contribution in [0.25, 0.3) is 11.0 Å². The number of para-hydroxylation sites is 1. The average Bonchev–Trinajstić information content (AvgIpc) is 2.80. The maximum absolute atomic E-state index is 8.85. The van der Waals surface area contributed by atoms with Crippen LogP contribution in [0.5, 0.6) is 0 Å². The van der Waals surface area contributed by atoms with Gasteiger partial charge >= 0.3 is 0 Å². The molecule has 0 amide bonds. The van der Waals surface area contributed by atoms with Crippen molar-refractivity contribution in [1.82, 2.24) is 0 Å². The van der Waals surface area contributed by atoms with Crippen LogP contribution < -0.4 is 5.73 Å². The second kappa shape index (κ2) is 6.27.